The third kappa shape index (κ3) is 3.75. The van der Waals surface area contributed by atoms with E-state index in [-0.39, 0.29) is 29.8 Å². The number of hydrogen-bond donors (Lipinski definition) is 0. The highest BCUT2D eigenvalue weighted by Gasteiger charge is 2.45. The molecule has 2 aliphatic rings. The van der Waals surface area contributed by atoms with Gasteiger partial charge in [0.1, 0.15) is 11.9 Å². The normalized spacial score (nSPS) is 25.1. The second-order valence-electron chi connectivity index (χ2n) is 7.22. The Bertz CT molecular complexity index is 787. The van der Waals surface area contributed by atoms with Crippen molar-refractivity contribution in [3.63, 3.8) is 0 Å². The minimum absolute atomic E-state index is 0.0758. The van der Waals surface area contributed by atoms with E-state index in [0.29, 0.717) is 0 Å². The molecule has 6 heteroatoms. The molecule has 0 N–H and O–H groups in total. The highest BCUT2D eigenvalue weighted by Crippen LogP contribution is 2.38. The van der Waals surface area contributed by atoms with Crippen molar-refractivity contribution in [2.45, 2.75) is 56.9 Å². The molecule has 142 valence electrons. The molecule has 27 heavy (non-hydrogen) atoms. The summed E-state index contributed by atoms with van der Waals surface area (Å²) >= 11 is 0. The van der Waals surface area contributed by atoms with E-state index in [1.54, 1.807) is 37.5 Å². The molecule has 0 saturated carbocycles. The van der Waals surface area contributed by atoms with Crippen LogP contribution in [0, 0.1) is 5.82 Å². The topological polar surface area (TPSA) is 51.7 Å². The highest BCUT2D eigenvalue weighted by atomic mass is 19.1. The Morgan fingerprint density at radius 1 is 1.15 bits per heavy atom. The molecule has 3 atom stereocenters. The zero-order chi connectivity index (χ0) is 18.8. The predicted molar refractivity (Wildman–Crippen MR) is 98.0 cm³/mol. The summed E-state index contributed by atoms with van der Waals surface area (Å²) in [7, 11) is 0. The SMILES string of the molecule is CC(Oc1ccccc1F)C(=O)N1C2CCC1CC(Oc1ccncc1)C2. The van der Waals surface area contributed by atoms with Crippen LogP contribution in [-0.2, 0) is 4.79 Å². The average molecular weight is 370 g/mol. The van der Waals surface area contributed by atoms with Gasteiger partial charge in [-0.2, -0.15) is 0 Å². The fraction of sp³-hybridized carbons (Fsp3) is 0.429. The van der Waals surface area contributed by atoms with E-state index < -0.39 is 11.9 Å². The third-order valence-corrected chi connectivity index (χ3v) is 5.38. The van der Waals surface area contributed by atoms with Crippen LogP contribution >= 0.6 is 0 Å². The lowest BCUT2D eigenvalue weighted by Gasteiger charge is -2.40. The van der Waals surface area contributed by atoms with E-state index in [0.717, 1.165) is 31.4 Å². The van der Waals surface area contributed by atoms with Crippen molar-refractivity contribution < 1.29 is 18.7 Å². The molecule has 5 nitrogen and oxygen atoms in total. The molecule has 2 saturated heterocycles. The minimum atomic E-state index is -0.720. The number of carbonyl (C=O) groups excluding carboxylic acids is 1. The zero-order valence-electron chi connectivity index (χ0n) is 15.3. The standard InChI is InChI=1S/C21H23FN2O3/c1-14(26-20-5-3-2-4-19(20)22)21(25)24-15-6-7-16(24)13-18(12-15)27-17-8-10-23-11-9-17/h2-5,8-11,14-16,18H,6-7,12-13H2,1H3. The lowest BCUT2D eigenvalue weighted by atomic mass is 9.99. The number of fused-ring (bicyclic) bond motifs is 2. The van der Waals surface area contributed by atoms with Crippen LogP contribution in [0.2, 0.25) is 0 Å². The second kappa shape index (κ2) is 7.55. The quantitative estimate of drug-likeness (QED) is 0.807. The first-order valence-corrected chi connectivity index (χ1v) is 9.42. The van der Waals surface area contributed by atoms with Gasteiger partial charge in [0.2, 0.25) is 0 Å². The zero-order valence-corrected chi connectivity index (χ0v) is 15.3. The van der Waals surface area contributed by atoms with Crippen LogP contribution in [-0.4, -0.2) is 40.1 Å². The molecule has 0 aliphatic carbocycles. The molecule has 4 rings (SSSR count). The number of amides is 1. The molecule has 1 aromatic carbocycles. The van der Waals surface area contributed by atoms with Gasteiger partial charge in [0.05, 0.1) is 0 Å². The molecule has 1 aromatic heterocycles. The van der Waals surface area contributed by atoms with Gasteiger partial charge in [-0.05, 0) is 44.0 Å². The summed E-state index contributed by atoms with van der Waals surface area (Å²) in [6.07, 6.45) is 6.35. The summed E-state index contributed by atoms with van der Waals surface area (Å²) in [6.45, 7) is 1.69. The number of aromatic nitrogens is 1. The molecule has 2 aromatic rings. The van der Waals surface area contributed by atoms with E-state index in [2.05, 4.69) is 4.98 Å². The number of ether oxygens (including phenoxy) is 2. The number of halogens is 1. The largest absolute Gasteiger partial charge is 0.490 e. The monoisotopic (exact) mass is 370 g/mol. The van der Waals surface area contributed by atoms with Crippen molar-refractivity contribution in [3.8, 4) is 11.5 Å². The molecular weight excluding hydrogens is 347 g/mol. The van der Waals surface area contributed by atoms with Gasteiger partial charge < -0.3 is 14.4 Å². The van der Waals surface area contributed by atoms with Gasteiger partial charge in [-0.25, -0.2) is 4.39 Å². The van der Waals surface area contributed by atoms with E-state index >= 15 is 0 Å². The lowest BCUT2D eigenvalue weighted by Crippen LogP contribution is -2.52. The van der Waals surface area contributed by atoms with Crippen molar-refractivity contribution in [3.05, 3.63) is 54.6 Å². The summed E-state index contributed by atoms with van der Waals surface area (Å²) < 4.78 is 25.5. The van der Waals surface area contributed by atoms with Crippen LogP contribution in [0.5, 0.6) is 11.5 Å². The molecule has 2 fully saturated rings. The maximum atomic E-state index is 13.8. The second-order valence-corrected chi connectivity index (χ2v) is 7.22. The summed E-state index contributed by atoms with van der Waals surface area (Å²) in [5.74, 6) is 0.393. The Morgan fingerprint density at radius 2 is 1.81 bits per heavy atom. The summed E-state index contributed by atoms with van der Waals surface area (Å²) in [5, 5.41) is 0. The van der Waals surface area contributed by atoms with E-state index in [1.165, 1.54) is 6.07 Å². The third-order valence-electron chi connectivity index (χ3n) is 5.38. The summed E-state index contributed by atoms with van der Waals surface area (Å²) in [6, 6.07) is 10.2. The van der Waals surface area contributed by atoms with Crippen LogP contribution in [0.25, 0.3) is 0 Å². The van der Waals surface area contributed by atoms with Crippen molar-refractivity contribution in [2.75, 3.05) is 0 Å². The Morgan fingerprint density at radius 3 is 2.48 bits per heavy atom. The molecular formula is C21H23FN2O3. The maximum Gasteiger partial charge on any atom is 0.263 e. The van der Waals surface area contributed by atoms with Gasteiger partial charge in [-0.3, -0.25) is 9.78 Å². The Labute approximate surface area is 158 Å². The molecule has 0 spiro atoms. The Hall–Kier alpha value is -2.63. The number of carbonyl (C=O) groups is 1. The Balaban J connectivity index is 1.40. The summed E-state index contributed by atoms with van der Waals surface area (Å²) in [4.78, 5) is 18.9. The van der Waals surface area contributed by atoms with Gasteiger partial charge in [0.15, 0.2) is 17.7 Å². The lowest BCUT2D eigenvalue weighted by molar-refractivity contribution is -0.144. The van der Waals surface area contributed by atoms with Crippen molar-refractivity contribution in [1.82, 2.24) is 9.88 Å². The van der Waals surface area contributed by atoms with Gasteiger partial charge in [-0.1, -0.05) is 12.1 Å². The molecule has 2 aliphatic heterocycles. The Kier molecular flexibility index (Phi) is 4.97. The first-order chi connectivity index (χ1) is 13.1. The van der Waals surface area contributed by atoms with Gasteiger partial charge in [0, 0.05) is 37.3 Å². The number of para-hydroxylation sites is 1. The van der Waals surface area contributed by atoms with Crippen LogP contribution < -0.4 is 9.47 Å². The van der Waals surface area contributed by atoms with Crippen molar-refractivity contribution in [2.24, 2.45) is 0 Å². The van der Waals surface area contributed by atoms with Gasteiger partial charge in [0.25, 0.3) is 5.91 Å². The molecule has 2 bridgehead atoms. The van der Waals surface area contributed by atoms with Crippen LogP contribution in [0.15, 0.2) is 48.8 Å². The minimum Gasteiger partial charge on any atom is -0.490 e. The number of rotatable bonds is 5. The van der Waals surface area contributed by atoms with Crippen LogP contribution in [0.3, 0.4) is 0 Å². The summed E-state index contributed by atoms with van der Waals surface area (Å²) in [5.41, 5.74) is 0. The van der Waals surface area contributed by atoms with Crippen LogP contribution in [0.4, 0.5) is 4.39 Å². The van der Waals surface area contributed by atoms with E-state index in [9.17, 15) is 9.18 Å². The van der Waals surface area contributed by atoms with Gasteiger partial charge in [-0.15, -0.1) is 0 Å². The molecule has 1 amide bonds. The first kappa shape index (κ1) is 17.8. The van der Waals surface area contributed by atoms with E-state index in [4.69, 9.17) is 9.47 Å². The number of hydrogen-bond acceptors (Lipinski definition) is 4. The number of nitrogens with zero attached hydrogens (tertiary/aromatic N) is 2. The first-order valence-electron chi connectivity index (χ1n) is 9.42. The van der Waals surface area contributed by atoms with Crippen LogP contribution in [0.1, 0.15) is 32.6 Å². The highest BCUT2D eigenvalue weighted by molar-refractivity contribution is 5.82. The van der Waals surface area contributed by atoms with E-state index in [1.807, 2.05) is 17.0 Å². The fourth-order valence-corrected chi connectivity index (χ4v) is 4.18. The van der Waals surface area contributed by atoms with Gasteiger partial charge >= 0.3 is 0 Å². The number of pyridine rings is 1. The van der Waals surface area contributed by atoms with Crippen molar-refractivity contribution >= 4 is 5.91 Å². The van der Waals surface area contributed by atoms with Crippen molar-refractivity contribution in [1.29, 1.82) is 0 Å². The molecule has 0 radical (unpaired) electrons. The maximum absolute atomic E-state index is 13.8. The average Bonchev–Trinajstić information content (AvgIpc) is 2.94. The predicted octanol–water partition coefficient (Wildman–Crippen LogP) is 3.59. The number of benzene rings is 1. The molecule has 3 heterocycles. The fourth-order valence-electron chi connectivity index (χ4n) is 4.18. The number of piperidine rings is 1. The smallest absolute Gasteiger partial charge is 0.263 e. The molecule has 3 unspecified atom stereocenters.